The maximum Gasteiger partial charge on any atom is 0.311 e. The average molecular weight is 235 g/mol. The Labute approximate surface area is 94.9 Å². The lowest BCUT2D eigenvalue weighted by Crippen LogP contribution is -1.93. The van der Waals surface area contributed by atoms with Crippen molar-refractivity contribution < 1.29 is 14.1 Å². The molecule has 0 saturated heterocycles. The summed E-state index contributed by atoms with van der Waals surface area (Å²) >= 11 is 0. The van der Waals surface area contributed by atoms with Crippen molar-refractivity contribution in [2.75, 3.05) is 0 Å². The van der Waals surface area contributed by atoms with Gasteiger partial charge in [-0.2, -0.15) is 9.37 Å². The highest BCUT2D eigenvalue weighted by atomic mass is 19.1. The van der Waals surface area contributed by atoms with E-state index in [1.165, 1.54) is 36.5 Å². The molecule has 0 unspecified atom stereocenters. The quantitative estimate of drug-likeness (QED) is 0.463. The molecular formula is C10H6FN3O3. The van der Waals surface area contributed by atoms with Crippen LogP contribution in [0, 0.1) is 16.2 Å². The lowest BCUT2D eigenvalue weighted by atomic mass is 10.3. The summed E-state index contributed by atoms with van der Waals surface area (Å²) in [5.41, 5.74) is -0.0498. The molecule has 86 valence electrons. The molecule has 0 atom stereocenters. The second-order valence-corrected chi connectivity index (χ2v) is 3.02. The molecule has 0 fully saturated rings. The number of nitro benzene ring substituents is 1. The van der Waals surface area contributed by atoms with Gasteiger partial charge in [-0.15, -0.1) is 0 Å². The van der Waals surface area contributed by atoms with Gasteiger partial charge in [0, 0.05) is 24.4 Å². The van der Waals surface area contributed by atoms with Gasteiger partial charge in [-0.05, 0) is 12.1 Å². The average Bonchev–Trinajstić information content (AvgIpc) is 2.29. The minimum atomic E-state index is -0.899. The molecule has 0 bridgehead atoms. The van der Waals surface area contributed by atoms with Crippen molar-refractivity contribution >= 4 is 5.69 Å². The van der Waals surface area contributed by atoms with E-state index in [-0.39, 0.29) is 11.6 Å². The number of aromatic nitrogens is 2. The SMILES string of the molecule is O=[N+]([O-])c1ccc(Oc2ccnc(F)n2)cc1. The number of hydrogen-bond donors (Lipinski definition) is 0. The lowest BCUT2D eigenvalue weighted by Gasteiger charge is -2.03. The van der Waals surface area contributed by atoms with Crippen LogP contribution in [-0.2, 0) is 0 Å². The zero-order valence-electron chi connectivity index (χ0n) is 8.41. The Morgan fingerprint density at radius 3 is 2.53 bits per heavy atom. The van der Waals surface area contributed by atoms with Gasteiger partial charge < -0.3 is 4.74 Å². The van der Waals surface area contributed by atoms with Gasteiger partial charge in [-0.3, -0.25) is 10.1 Å². The van der Waals surface area contributed by atoms with Crippen molar-refractivity contribution in [1.29, 1.82) is 0 Å². The molecule has 0 saturated carbocycles. The number of nitrogens with zero attached hydrogens (tertiary/aromatic N) is 3. The molecule has 2 aromatic rings. The molecule has 0 aliphatic rings. The summed E-state index contributed by atoms with van der Waals surface area (Å²) in [4.78, 5) is 16.6. The molecule has 1 aromatic heterocycles. The summed E-state index contributed by atoms with van der Waals surface area (Å²) in [5, 5.41) is 10.4. The fourth-order valence-electron chi connectivity index (χ4n) is 1.13. The Morgan fingerprint density at radius 2 is 1.94 bits per heavy atom. The van der Waals surface area contributed by atoms with Gasteiger partial charge in [0.25, 0.3) is 5.69 Å². The van der Waals surface area contributed by atoms with Crippen molar-refractivity contribution in [3.05, 3.63) is 52.7 Å². The normalized spacial score (nSPS) is 9.94. The van der Waals surface area contributed by atoms with Crippen molar-refractivity contribution in [2.24, 2.45) is 0 Å². The van der Waals surface area contributed by atoms with Gasteiger partial charge >= 0.3 is 6.08 Å². The topological polar surface area (TPSA) is 78.2 Å². The molecule has 2 rings (SSSR count). The summed E-state index contributed by atoms with van der Waals surface area (Å²) in [7, 11) is 0. The predicted molar refractivity (Wildman–Crippen MR) is 55.2 cm³/mol. The smallest absolute Gasteiger partial charge is 0.311 e. The van der Waals surface area contributed by atoms with E-state index >= 15 is 0 Å². The van der Waals surface area contributed by atoms with Crippen LogP contribution in [0.1, 0.15) is 0 Å². The number of non-ortho nitro benzene ring substituents is 1. The second-order valence-electron chi connectivity index (χ2n) is 3.02. The number of benzene rings is 1. The maximum absolute atomic E-state index is 12.6. The van der Waals surface area contributed by atoms with Crippen molar-refractivity contribution in [2.45, 2.75) is 0 Å². The first-order chi connectivity index (χ1) is 8.15. The molecule has 0 radical (unpaired) electrons. The molecule has 6 nitrogen and oxygen atoms in total. The number of halogens is 1. The van der Waals surface area contributed by atoms with E-state index in [1.54, 1.807) is 0 Å². The van der Waals surface area contributed by atoms with Gasteiger partial charge in [0.15, 0.2) is 0 Å². The Kier molecular flexibility index (Phi) is 2.91. The highest BCUT2D eigenvalue weighted by molar-refractivity contribution is 5.37. The van der Waals surface area contributed by atoms with Crippen LogP contribution in [0.15, 0.2) is 36.5 Å². The third-order valence-corrected chi connectivity index (χ3v) is 1.87. The van der Waals surface area contributed by atoms with E-state index in [0.29, 0.717) is 5.75 Å². The van der Waals surface area contributed by atoms with Crippen LogP contribution >= 0.6 is 0 Å². The molecule has 1 aromatic carbocycles. The first-order valence-electron chi connectivity index (χ1n) is 4.56. The predicted octanol–water partition coefficient (Wildman–Crippen LogP) is 2.32. The molecule has 0 aliphatic carbocycles. The van der Waals surface area contributed by atoms with E-state index in [2.05, 4.69) is 9.97 Å². The second kappa shape index (κ2) is 4.52. The fourth-order valence-corrected chi connectivity index (χ4v) is 1.13. The van der Waals surface area contributed by atoms with Crippen LogP contribution in [0.4, 0.5) is 10.1 Å². The van der Waals surface area contributed by atoms with E-state index in [0.717, 1.165) is 0 Å². The summed E-state index contributed by atoms with van der Waals surface area (Å²) in [5.74, 6) is 0.361. The highest BCUT2D eigenvalue weighted by Gasteiger charge is 2.06. The first-order valence-corrected chi connectivity index (χ1v) is 4.56. The molecular weight excluding hydrogens is 229 g/mol. The van der Waals surface area contributed by atoms with E-state index < -0.39 is 11.0 Å². The van der Waals surface area contributed by atoms with Crippen molar-refractivity contribution in [3.8, 4) is 11.6 Å². The number of ether oxygens (including phenoxy) is 1. The third kappa shape index (κ3) is 2.71. The Bertz CT molecular complexity index is 545. The Hall–Kier alpha value is -2.57. The summed E-state index contributed by atoms with van der Waals surface area (Å²) in [6.45, 7) is 0. The van der Waals surface area contributed by atoms with Gasteiger partial charge in [0.2, 0.25) is 5.88 Å². The molecule has 0 aliphatic heterocycles. The van der Waals surface area contributed by atoms with Crippen molar-refractivity contribution in [3.63, 3.8) is 0 Å². The van der Waals surface area contributed by atoms with Gasteiger partial charge in [-0.1, -0.05) is 0 Å². The number of rotatable bonds is 3. The Balaban J connectivity index is 2.16. The standard InChI is InChI=1S/C10H6FN3O3/c11-10-12-6-5-9(13-10)17-8-3-1-7(2-4-8)14(15)16/h1-6H. The molecule has 17 heavy (non-hydrogen) atoms. The molecule has 1 heterocycles. The summed E-state index contributed by atoms with van der Waals surface area (Å²) < 4.78 is 17.8. The van der Waals surface area contributed by atoms with E-state index in [9.17, 15) is 14.5 Å². The zero-order valence-corrected chi connectivity index (χ0v) is 8.41. The molecule has 0 spiro atoms. The number of nitro groups is 1. The third-order valence-electron chi connectivity index (χ3n) is 1.87. The van der Waals surface area contributed by atoms with Crippen molar-refractivity contribution in [1.82, 2.24) is 9.97 Å². The van der Waals surface area contributed by atoms with Crippen LogP contribution in [0.2, 0.25) is 0 Å². The zero-order chi connectivity index (χ0) is 12.3. The van der Waals surface area contributed by atoms with E-state index in [4.69, 9.17) is 4.74 Å². The van der Waals surface area contributed by atoms with Gasteiger partial charge in [-0.25, -0.2) is 4.98 Å². The molecule has 0 N–H and O–H groups in total. The highest BCUT2D eigenvalue weighted by Crippen LogP contribution is 2.21. The van der Waals surface area contributed by atoms with Crippen LogP contribution in [0.25, 0.3) is 0 Å². The van der Waals surface area contributed by atoms with Crippen LogP contribution in [0.3, 0.4) is 0 Å². The maximum atomic E-state index is 12.6. The van der Waals surface area contributed by atoms with Gasteiger partial charge in [0.1, 0.15) is 5.75 Å². The van der Waals surface area contributed by atoms with Crippen LogP contribution in [0.5, 0.6) is 11.6 Å². The van der Waals surface area contributed by atoms with Gasteiger partial charge in [0.05, 0.1) is 4.92 Å². The minimum absolute atomic E-state index is 0.0337. The monoisotopic (exact) mass is 235 g/mol. The minimum Gasteiger partial charge on any atom is -0.439 e. The molecule has 7 heteroatoms. The summed E-state index contributed by atoms with van der Waals surface area (Å²) in [6, 6.07) is 6.75. The first kappa shape index (κ1) is 10.9. The van der Waals surface area contributed by atoms with E-state index in [1.807, 2.05) is 0 Å². The largest absolute Gasteiger partial charge is 0.439 e. The van der Waals surface area contributed by atoms with Crippen LogP contribution < -0.4 is 4.74 Å². The lowest BCUT2D eigenvalue weighted by molar-refractivity contribution is -0.384. The summed E-state index contributed by atoms with van der Waals surface area (Å²) in [6.07, 6.45) is 0.313. The fraction of sp³-hybridized carbons (Fsp3) is 0. The number of hydrogen-bond acceptors (Lipinski definition) is 5. The molecule has 0 amide bonds. The Morgan fingerprint density at radius 1 is 1.24 bits per heavy atom. The van der Waals surface area contributed by atoms with Crippen LogP contribution in [-0.4, -0.2) is 14.9 Å².